The number of anilines is 1. The molecule has 120 valence electrons. The maximum Gasteiger partial charge on any atom is 0.361 e. The minimum absolute atomic E-state index is 0.000392. The van der Waals surface area contributed by atoms with Crippen LogP contribution in [0.25, 0.3) is 0 Å². The van der Waals surface area contributed by atoms with E-state index < -0.39 is 5.97 Å². The number of nitrogens with two attached hydrogens (primary N) is 1. The topological polar surface area (TPSA) is 98.4 Å². The number of hydrogen-bond donors (Lipinski definition) is 1. The number of nitrogens with zero attached hydrogens (tertiary/aromatic N) is 3. The molecule has 1 saturated carbocycles. The van der Waals surface area contributed by atoms with Crippen LogP contribution in [0.1, 0.15) is 49.5 Å². The number of carbonyl (C=O) groups excluding carboxylic acids is 2. The summed E-state index contributed by atoms with van der Waals surface area (Å²) in [5.74, 6) is -0.900. The number of likely N-dealkylation sites (N-methyl/N-ethyl adjacent to an activating group) is 1. The van der Waals surface area contributed by atoms with E-state index in [9.17, 15) is 9.59 Å². The Morgan fingerprint density at radius 2 is 1.95 bits per heavy atom. The Balaban J connectivity index is 1.90. The summed E-state index contributed by atoms with van der Waals surface area (Å²) < 4.78 is 5.03. The number of nitrogen functional groups attached to an aromatic ring is 1. The van der Waals surface area contributed by atoms with E-state index in [2.05, 4.69) is 9.97 Å². The van der Waals surface area contributed by atoms with Crippen LogP contribution in [0.2, 0.25) is 0 Å². The summed E-state index contributed by atoms with van der Waals surface area (Å²) >= 11 is 0. The molecule has 1 heterocycles. The highest BCUT2D eigenvalue weighted by Crippen LogP contribution is 2.22. The molecule has 0 spiro atoms. The van der Waals surface area contributed by atoms with Gasteiger partial charge in [-0.3, -0.25) is 4.79 Å². The van der Waals surface area contributed by atoms with Crippen LogP contribution in [-0.4, -0.2) is 45.9 Å². The lowest BCUT2D eigenvalue weighted by Gasteiger charge is -2.33. The van der Waals surface area contributed by atoms with Gasteiger partial charge in [-0.05, 0) is 19.8 Å². The van der Waals surface area contributed by atoms with Crippen molar-refractivity contribution in [3.8, 4) is 0 Å². The van der Waals surface area contributed by atoms with Crippen LogP contribution >= 0.6 is 0 Å². The molecule has 0 radical (unpaired) electrons. The second-order valence-corrected chi connectivity index (χ2v) is 5.34. The van der Waals surface area contributed by atoms with Gasteiger partial charge in [0.25, 0.3) is 5.91 Å². The van der Waals surface area contributed by atoms with E-state index in [1.807, 2.05) is 6.92 Å². The molecular formula is C15H22N4O3. The first kappa shape index (κ1) is 16.2. The van der Waals surface area contributed by atoms with E-state index in [1.165, 1.54) is 18.8 Å². The molecule has 1 aliphatic rings. The van der Waals surface area contributed by atoms with Gasteiger partial charge in [-0.15, -0.1) is 0 Å². The minimum atomic E-state index is -0.723. The van der Waals surface area contributed by atoms with Crippen LogP contribution in [0.3, 0.4) is 0 Å². The van der Waals surface area contributed by atoms with E-state index in [0.29, 0.717) is 6.54 Å². The SMILES string of the molecule is CCN(C(=O)COC(=O)c1nccnc1N)C1CCCCC1. The smallest absolute Gasteiger partial charge is 0.361 e. The summed E-state index contributed by atoms with van der Waals surface area (Å²) in [6, 6.07) is 0.256. The molecule has 7 nitrogen and oxygen atoms in total. The fourth-order valence-corrected chi connectivity index (χ4v) is 2.82. The Morgan fingerprint density at radius 1 is 1.27 bits per heavy atom. The molecule has 1 aromatic rings. The lowest BCUT2D eigenvalue weighted by molar-refractivity contribution is -0.137. The van der Waals surface area contributed by atoms with Crippen molar-refractivity contribution >= 4 is 17.7 Å². The van der Waals surface area contributed by atoms with Gasteiger partial charge in [-0.1, -0.05) is 19.3 Å². The number of esters is 1. The van der Waals surface area contributed by atoms with E-state index in [-0.39, 0.29) is 30.1 Å². The Kier molecular flexibility index (Phi) is 5.68. The van der Waals surface area contributed by atoms with Crippen LogP contribution in [0.4, 0.5) is 5.82 Å². The molecule has 0 aromatic carbocycles. The third kappa shape index (κ3) is 3.93. The largest absolute Gasteiger partial charge is 0.451 e. The second kappa shape index (κ2) is 7.72. The number of rotatable bonds is 5. The van der Waals surface area contributed by atoms with Gasteiger partial charge in [0.2, 0.25) is 0 Å². The number of amides is 1. The van der Waals surface area contributed by atoms with Gasteiger partial charge in [-0.25, -0.2) is 14.8 Å². The van der Waals surface area contributed by atoms with Gasteiger partial charge < -0.3 is 15.4 Å². The average Bonchev–Trinajstić information content (AvgIpc) is 2.55. The van der Waals surface area contributed by atoms with Gasteiger partial charge in [-0.2, -0.15) is 0 Å². The van der Waals surface area contributed by atoms with Gasteiger partial charge in [0.05, 0.1) is 0 Å². The molecule has 1 amide bonds. The average molecular weight is 306 g/mol. The van der Waals surface area contributed by atoms with E-state index in [4.69, 9.17) is 10.5 Å². The first-order chi connectivity index (χ1) is 10.6. The summed E-state index contributed by atoms with van der Waals surface area (Å²) in [5.41, 5.74) is 5.50. The van der Waals surface area contributed by atoms with E-state index in [0.717, 1.165) is 25.7 Å². The zero-order valence-corrected chi connectivity index (χ0v) is 12.8. The van der Waals surface area contributed by atoms with Gasteiger partial charge in [0.1, 0.15) is 0 Å². The maximum absolute atomic E-state index is 12.3. The highest BCUT2D eigenvalue weighted by Gasteiger charge is 2.25. The molecular weight excluding hydrogens is 284 g/mol. The normalized spacial score (nSPS) is 15.3. The molecule has 0 aliphatic heterocycles. The fourth-order valence-electron chi connectivity index (χ4n) is 2.82. The molecule has 1 fully saturated rings. The molecule has 7 heteroatoms. The molecule has 1 aliphatic carbocycles. The minimum Gasteiger partial charge on any atom is -0.451 e. The van der Waals surface area contributed by atoms with Crippen molar-refractivity contribution in [3.63, 3.8) is 0 Å². The van der Waals surface area contributed by atoms with Gasteiger partial charge in [0, 0.05) is 25.0 Å². The van der Waals surface area contributed by atoms with E-state index in [1.54, 1.807) is 4.90 Å². The molecule has 2 N–H and O–H groups in total. The third-order valence-electron chi connectivity index (χ3n) is 3.92. The maximum atomic E-state index is 12.3. The standard InChI is InChI=1S/C15H22N4O3/c1-2-19(11-6-4-3-5-7-11)12(20)10-22-15(21)13-14(16)18-9-8-17-13/h8-9,11H,2-7,10H2,1H3,(H2,16,18). The summed E-state index contributed by atoms with van der Waals surface area (Å²) in [5, 5.41) is 0. The Bertz CT molecular complexity index is 529. The number of ether oxygens (including phenoxy) is 1. The second-order valence-electron chi connectivity index (χ2n) is 5.34. The molecule has 0 bridgehead atoms. The van der Waals surface area contributed by atoms with Gasteiger partial charge in [0.15, 0.2) is 18.1 Å². The molecule has 1 aromatic heterocycles. The van der Waals surface area contributed by atoms with Crippen molar-refractivity contribution < 1.29 is 14.3 Å². The predicted octanol–water partition coefficient (Wildman–Crippen LogP) is 1.40. The number of aromatic nitrogens is 2. The highest BCUT2D eigenvalue weighted by atomic mass is 16.5. The highest BCUT2D eigenvalue weighted by molar-refractivity contribution is 5.93. The van der Waals surface area contributed by atoms with Crippen molar-refractivity contribution in [2.24, 2.45) is 0 Å². The van der Waals surface area contributed by atoms with Crippen molar-refractivity contribution in [1.82, 2.24) is 14.9 Å². The Labute approximate surface area is 129 Å². The van der Waals surface area contributed by atoms with Crippen LogP contribution < -0.4 is 5.73 Å². The summed E-state index contributed by atoms with van der Waals surface area (Å²) in [6.45, 7) is 2.27. The van der Waals surface area contributed by atoms with Crippen LogP contribution in [0, 0.1) is 0 Å². The van der Waals surface area contributed by atoms with Crippen molar-refractivity contribution in [3.05, 3.63) is 18.1 Å². The molecule has 0 atom stereocenters. The van der Waals surface area contributed by atoms with Crippen molar-refractivity contribution in [2.75, 3.05) is 18.9 Å². The molecule has 22 heavy (non-hydrogen) atoms. The van der Waals surface area contributed by atoms with Crippen molar-refractivity contribution in [2.45, 2.75) is 45.1 Å². The lowest BCUT2D eigenvalue weighted by atomic mass is 9.94. The molecule has 0 saturated heterocycles. The summed E-state index contributed by atoms with van der Waals surface area (Å²) in [6.07, 6.45) is 8.29. The van der Waals surface area contributed by atoms with Crippen LogP contribution in [0.15, 0.2) is 12.4 Å². The zero-order chi connectivity index (χ0) is 15.9. The summed E-state index contributed by atoms with van der Waals surface area (Å²) in [7, 11) is 0. The lowest BCUT2D eigenvalue weighted by Crippen LogP contribution is -2.43. The Hall–Kier alpha value is -2.18. The quantitative estimate of drug-likeness (QED) is 0.826. The predicted molar refractivity (Wildman–Crippen MR) is 81.0 cm³/mol. The van der Waals surface area contributed by atoms with Gasteiger partial charge >= 0.3 is 5.97 Å². The molecule has 2 rings (SSSR count). The number of hydrogen-bond acceptors (Lipinski definition) is 6. The summed E-state index contributed by atoms with van der Waals surface area (Å²) in [4.78, 5) is 33.6. The van der Waals surface area contributed by atoms with Crippen molar-refractivity contribution in [1.29, 1.82) is 0 Å². The molecule has 0 unspecified atom stereocenters. The number of carbonyl (C=O) groups is 2. The third-order valence-corrected chi connectivity index (χ3v) is 3.92. The van der Waals surface area contributed by atoms with E-state index >= 15 is 0 Å². The monoisotopic (exact) mass is 306 g/mol. The Morgan fingerprint density at radius 3 is 2.59 bits per heavy atom. The van der Waals surface area contributed by atoms with Crippen LogP contribution in [-0.2, 0) is 9.53 Å². The zero-order valence-electron chi connectivity index (χ0n) is 12.8. The van der Waals surface area contributed by atoms with Crippen LogP contribution in [0.5, 0.6) is 0 Å². The first-order valence-corrected chi connectivity index (χ1v) is 7.66. The first-order valence-electron chi connectivity index (χ1n) is 7.66. The fraction of sp³-hybridized carbons (Fsp3) is 0.600.